The summed E-state index contributed by atoms with van der Waals surface area (Å²) in [5.41, 5.74) is 0.949. The lowest BCUT2D eigenvalue weighted by Gasteiger charge is -2.39. The number of Topliss-reactive ketones (excluding diaryl/α,β-unsaturated/α-hetero) is 1. The van der Waals surface area contributed by atoms with Crippen LogP contribution in [0.5, 0.6) is 0 Å². The molecule has 1 fully saturated rings. The van der Waals surface area contributed by atoms with Gasteiger partial charge in [-0.25, -0.2) is 0 Å². The maximum atomic E-state index is 11.6. The minimum atomic E-state index is -0.503. The average Bonchev–Trinajstić information content (AvgIpc) is 2.36. The highest BCUT2D eigenvalue weighted by Gasteiger charge is 2.28. The Morgan fingerprint density at radius 2 is 2.15 bits per heavy atom. The van der Waals surface area contributed by atoms with Gasteiger partial charge in [-0.15, -0.1) is 0 Å². The van der Waals surface area contributed by atoms with Crippen molar-refractivity contribution in [1.82, 2.24) is 0 Å². The Hall–Kier alpha value is -1.56. The molecule has 5 nitrogen and oxygen atoms in total. The molecule has 20 heavy (non-hydrogen) atoms. The third-order valence-corrected chi connectivity index (χ3v) is 4.64. The number of carbonyl (C=O) groups is 1. The van der Waals surface area contributed by atoms with E-state index in [0.717, 1.165) is 24.5 Å². The van der Waals surface area contributed by atoms with Gasteiger partial charge in [-0.1, -0.05) is 0 Å². The van der Waals surface area contributed by atoms with Gasteiger partial charge in [0.05, 0.1) is 10.5 Å². The highest BCUT2D eigenvalue weighted by atomic mass is 32.2. The molecule has 1 aromatic carbocycles. The number of nitrogens with zero attached hydrogens (tertiary/aromatic N) is 2. The van der Waals surface area contributed by atoms with Crippen molar-refractivity contribution in [2.45, 2.75) is 25.5 Å². The van der Waals surface area contributed by atoms with E-state index < -0.39 is 4.92 Å². The minimum Gasteiger partial charge on any atom is -0.369 e. The fourth-order valence-electron chi connectivity index (χ4n) is 2.40. The van der Waals surface area contributed by atoms with Gasteiger partial charge < -0.3 is 4.90 Å². The van der Waals surface area contributed by atoms with Crippen molar-refractivity contribution < 1.29 is 9.72 Å². The molecule has 108 valence electrons. The standard InChI is InChI=1S/C14H18N2O3S/c1-10(17)12-8-11(4-5-13(12)16(18)19)15-6-7-20-14(2,3)9-15/h4-5,8H,6-7,9H2,1-3H3. The summed E-state index contributed by atoms with van der Waals surface area (Å²) in [4.78, 5) is 24.2. The SMILES string of the molecule is CC(=O)c1cc(N2CCSC(C)(C)C2)ccc1[N+](=O)[O-]. The Bertz CT molecular complexity index is 557. The van der Waals surface area contributed by atoms with Crippen molar-refractivity contribution in [3.8, 4) is 0 Å². The van der Waals surface area contributed by atoms with E-state index in [0.29, 0.717) is 0 Å². The van der Waals surface area contributed by atoms with Crippen LogP contribution in [0, 0.1) is 10.1 Å². The number of anilines is 1. The van der Waals surface area contributed by atoms with E-state index in [1.165, 1.54) is 13.0 Å². The molecule has 0 spiro atoms. The van der Waals surface area contributed by atoms with Crippen LogP contribution in [0.25, 0.3) is 0 Å². The summed E-state index contributed by atoms with van der Waals surface area (Å²) >= 11 is 1.92. The van der Waals surface area contributed by atoms with Crippen molar-refractivity contribution >= 4 is 28.9 Å². The van der Waals surface area contributed by atoms with Crippen molar-refractivity contribution in [1.29, 1.82) is 0 Å². The fourth-order valence-corrected chi connectivity index (χ4v) is 3.51. The van der Waals surface area contributed by atoms with E-state index in [1.807, 2.05) is 11.8 Å². The number of carbonyl (C=O) groups excluding carboxylic acids is 1. The zero-order chi connectivity index (χ0) is 14.9. The first kappa shape index (κ1) is 14.8. The molecule has 1 aliphatic rings. The lowest BCUT2D eigenvalue weighted by Crippen LogP contribution is -2.43. The fraction of sp³-hybridized carbons (Fsp3) is 0.500. The molecule has 1 aromatic rings. The molecule has 0 aliphatic carbocycles. The monoisotopic (exact) mass is 294 g/mol. The summed E-state index contributed by atoms with van der Waals surface area (Å²) in [6, 6.07) is 4.81. The highest BCUT2D eigenvalue weighted by molar-refractivity contribution is 8.00. The Morgan fingerprint density at radius 1 is 1.45 bits per heavy atom. The molecule has 0 amide bonds. The summed E-state index contributed by atoms with van der Waals surface area (Å²) in [6.45, 7) is 7.49. The van der Waals surface area contributed by atoms with Gasteiger partial charge in [0.25, 0.3) is 5.69 Å². The molecule has 0 saturated carbocycles. The van der Waals surface area contributed by atoms with E-state index in [-0.39, 0.29) is 21.8 Å². The molecule has 1 heterocycles. The number of nitro benzene ring substituents is 1. The number of nitro groups is 1. The lowest BCUT2D eigenvalue weighted by molar-refractivity contribution is -0.385. The Labute approximate surface area is 122 Å². The molecular formula is C14H18N2O3S. The Kier molecular flexibility index (Phi) is 4.04. The smallest absolute Gasteiger partial charge is 0.280 e. The van der Waals surface area contributed by atoms with E-state index in [2.05, 4.69) is 18.7 Å². The van der Waals surface area contributed by atoms with Crippen LogP contribution in [-0.4, -0.2) is 34.3 Å². The Balaban J connectivity index is 2.36. The van der Waals surface area contributed by atoms with Gasteiger partial charge in [-0.2, -0.15) is 11.8 Å². The first-order chi connectivity index (χ1) is 9.30. The first-order valence-electron chi connectivity index (χ1n) is 6.48. The van der Waals surface area contributed by atoms with Crippen LogP contribution in [0.4, 0.5) is 11.4 Å². The van der Waals surface area contributed by atoms with Gasteiger partial charge in [0.1, 0.15) is 0 Å². The summed E-state index contributed by atoms with van der Waals surface area (Å²) in [5.74, 6) is 0.739. The van der Waals surface area contributed by atoms with Crippen LogP contribution in [-0.2, 0) is 0 Å². The predicted octanol–water partition coefficient (Wildman–Crippen LogP) is 3.13. The quantitative estimate of drug-likeness (QED) is 0.487. The first-order valence-corrected chi connectivity index (χ1v) is 7.47. The maximum Gasteiger partial charge on any atom is 0.280 e. The maximum absolute atomic E-state index is 11.6. The second-order valence-corrected chi connectivity index (χ2v) is 7.35. The van der Waals surface area contributed by atoms with Crippen LogP contribution >= 0.6 is 11.8 Å². The molecule has 0 unspecified atom stereocenters. The topological polar surface area (TPSA) is 63.5 Å². The summed E-state index contributed by atoms with van der Waals surface area (Å²) in [5, 5.41) is 11.0. The largest absolute Gasteiger partial charge is 0.369 e. The normalized spacial score (nSPS) is 17.9. The summed E-state index contributed by atoms with van der Waals surface area (Å²) in [6.07, 6.45) is 0. The zero-order valence-electron chi connectivity index (χ0n) is 11.9. The number of benzene rings is 1. The molecule has 6 heteroatoms. The molecule has 0 atom stereocenters. The van der Waals surface area contributed by atoms with Gasteiger partial charge in [-0.05, 0) is 32.9 Å². The molecule has 2 rings (SSSR count). The van der Waals surface area contributed by atoms with E-state index in [9.17, 15) is 14.9 Å². The lowest BCUT2D eigenvalue weighted by atomic mass is 10.1. The molecule has 0 N–H and O–H groups in total. The molecule has 0 radical (unpaired) electrons. The minimum absolute atomic E-state index is 0.119. The molecule has 1 saturated heterocycles. The van der Waals surface area contributed by atoms with Crippen molar-refractivity contribution in [3.05, 3.63) is 33.9 Å². The Morgan fingerprint density at radius 3 is 2.70 bits per heavy atom. The van der Waals surface area contributed by atoms with Crippen LogP contribution in [0.3, 0.4) is 0 Å². The number of hydrogen-bond acceptors (Lipinski definition) is 5. The van der Waals surface area contributed by atoms with Crippen molar-refractivity contribution in [2.75, 3.05) is 23.7 Å². The van der Waals surface area contributed by atoms with Crippen LogP contribution < -0.4 is 4.90 Å². The van der Waals surface area contributed by atoms with Gasteiger partial charge >= 0.3 is 0 Å². The van der Waals surface area contributed by atoms with Gasteiger partial charge in [-0.3, -0.25) is 14.9 Å². The molecule has 1 aliphatic heterocycles. The summed E-state index contributed by atoms with van der Waals surface area (Å²) in [7, 11) is 0. The van der Waals surface area contributed by atoms with Gasteiger partial charge in [0.2, 0.25) is 0 Å². The van der Waals surface area contributed by atoms with Crippen LogP contribution in [0.15, 0.2) is 18.2 Å². The molecule has 0 aromatic heterocycles. The average molecular weight is 294 g/mol. The number of rotatable bonds is 3. The molecular weight excluding hydrogens is 276 g/mol. The predicted molar refractivity (Wildman–Crippen MR) is 81.9 cm³/mol. The zero-order valence-corrected chi connectivity index (χ0v) is 12.7. The number of ketones is 1. The van der Waals surface area contributed by atoms with Crippen molar-refractivity contribution in [3.63, 3.8) is 0 Å². The second kappa shape index (κ2) is 5.44. The number of hydrogen-bond donors (Lipinski definition) is 0. The van der Waals surface area contributed by atoms with E-state index in [1.54, 1.807) is 12.1 Å². The van der Waals surface area contributed by atoms with Gasteiger partial charge in [0, 0.05) is 35.3 Å². The second-order valence-electron chi connectivity index (χ2n) is 5.54. The van der Waals surface area contributed by atoms with Crippen LogP contribution in [0.1, 0.15) is 31.1 Å². The third-order valence-electron chi connectivity index (χ3n) is 3.35. The van der Waals surface area contributed by atoms with Crippen molar-refractivity contribution in [2.24, 2.45) is 0 Å². The third kappa shape index (κ3) is 3.12. The van der Waals surface area contributed by atoms with Gasteiger partial charge in [0.15, 0.2) is 5.78 Å². The highest BCUT2D eigenvalue weighted by Crippen LogP contribution is 2.33. The summed E-state index contributed by atoms with van der Waals surface area (Å²) < 4.78 is 0.149. The van der Waals surface area contributed by atoms with Crippen LogP contribution in [0.2, 0.25) is 0 Å². The van der Waals surface area contributed by atoms with E-state index in [4.69, 9.17) is 0 Å². The van der Waals surface area contributed by atoms with E-state index >= 15 is 0 Å². The number of thioether (sulfide) groups is 1. The molecule has 0 bridgehead atoms.